The van der Waals surface area contributed by atoms with Gasteiger partial charge < -0.3 is 18.6 Å². The van der Waals surface area contributed by atoms with Gasteiger partial charge in [-0.2, -0.15) is 5.10 Å². The van der Waals surface area contributed by atoms with Crippen molar-refractivity contribution in [3.05, 3.63) is 77.7 Å². The molecule has 6 heteroatoms. The molecule has 0 fully saturated rings. The number of ether oxygens (including phenoxy) is 3. The van der Waals surface area contributed by atoms with Gasteiger partial charge in [0, 0.05) is 12.0 Å². The summed E-state index contributed by atoms with van der Waals surface area (Å²) in [5, 5.41) is 6.93. The average Bonchev–Trinajstić information content (AvgIpc) is 3.44. The van der Waals surface area contributed by atoms with Crippen LogP contribution in [0.3, 0.4) is 0 Å². The highest BCUT2D eigenvalue weighted by molar-refractivity contribution is 6.02. The Balaban J connectivity index is 1.57. The predicted molar refractivity (Wildman–Crippen MR) is 108 cm³/mol. The zero-order chi connectivity index (χ0) is 19.8. The Morgan fingerprint density at radius 1 is 1.10 bits per heavy atom. The number of nitrogens with zero attached hydrogens (tertiary/aromatic N) is 2. The number of benzene rings is 2. The second-order valence-electron chi connectivity index (χ2n) is 6.97. The molecule has 0 spiro atoms. The van der Waals surface area contributed by atoms with E-state index in [-0.39, 0.29) is 6.04 Å². The van der Waals surface area contributed by atoms with Crippen LogP contribution in [-0.2, 0) is 0 Å². The predicted octanol–water partition coefficient (Wildman–Crippen LogP) is 4.93. The number of fused-ring (bicyclic) bond motifs is 3. The van der Waals surface area contributed by atoms with Gasteiger partial charge in [-0.1, -0.05) is 12.1 Å². The Bertz CT molecular complexity index is 1030. The van der Waals surface area contributed by atoms with Crippen molar-refractivity contribution in [2.24, 2.45) is 5.10 Å². The summed E-state index contributed by atoms with van der Waals surface area (Å²) < 4.78 is 23.2. The van der Waals surface area contributed by atoms with E-state index in [0.717, 1.165) is 40.5 Å². The molecule has 3 heterocycles. The van der Waals surface area contributed by atoms with E-state index in [1.165, 1.54) is 0 Å². The molecule has 3 aromatic rings. The molecule has 2 atom stereocenters. The summed E-state index contributed by atoms with van der Waals surface area (Å²) in [4.78, 5) is 0. The van der Waals surface area contributed by atoms with Crippen LogP contribution in [-0.4, -0.2) is 24.4 Å². The minimum atomic E-state index is -0.445. The third-order valence-electron chi connectivity index (χ3n) is 5.29. The summed E-state index contributed by atoms with van der Waals surface area (Å²) in [5.74, 6) is 3.06. The summed E-state index contributed by atoms with van der Waals surface area (Å²) in [6, 6.07) is 17.8. The van der Waals surface area contributed by atoms with E-state index < -0.39 is 6.23 Å². The van der Waals surface area contributed by atoms with E-state index in [4.69, 9.17) is 23.7 Å². The lowest BCUT2D eigenvalue weighted by Gasteiger charge is -2.37. The van der Waals surface area contributed by atoms with E-state index in [1.807, 2.05) is 60.5 Å². The Labute approximate surface area is 169 Å². The second-order valence-corrected chi connectivity index (χ2v) is 6.97. The molecule has 2 aromatic carbocycles. The van der Waals surface area contributed by atoms with Gasteiger partial charge in [-0.25, -0.2) is 5.01 Å². The van der Waals surface area contributed by atoms with Crippen molar-refractivity contribution in [1.82, 2.24) is 5.01 Å². The number of hydrogen-bond acceptors (Lipinski definition) is 6. The fourth-order valence-electron chi connectivity index (χ4n) is 3.93. The number of rotatable bonds is 5. The zero-order valence-corrected chi connectivity index (χ0v) is 16.4. The summed E-state index contributed by atoms with van der Waals surface area (Å²) >= 11 is 0. The van der Waals surface area contributed by atoms with Crippen LogP contribution in [0.25, 0.3) is 0 Å². The third kappa shape index (κ3) is 3.01. The van der Waals surface area contributed by atoms with Crippen LogP contribution >= 0.6 is 0 Å². The Hall–Kier alpha value is -3.41. The fraction of sp³-hybridized carbons (Fsp3) is 0.261. The smallest absolute Gasteiger partial charge is 0.246 e. The maximum atomic E-state index is 6.37. The Morgan fingerprint density at radius 2 is 1.97 bits per heavy atom. The van der Waals surface area contributed by atoms with E-state index in [0.29, 0.717) is 12.4 Å². The fourth-order valence-corrected chi connectivity index (χ4v) is 3.93. The normalized spacial score (nSPS) is 19.8. The number of hydrogen-bond donors (Lipinski definition) is 0. The van der Waals surface area contributed by atoms with Crippen LogP contribution < -0.4 is 14.2 Å². The molecule has 0 saturated heterocycles. The van der Waals surface area contributed by atoms with E-state index in [2.05, 4.69) is 6.07 Å². The molecule has 148 valence electrons. The van der Waals surface area contributed by atoms with Crippen LogP contribution in [0.15, 0.2) is 70.4 Å². The molecule has 6 nitrogen and oxygen atoms in total. The molecule has 1 aromatic heterocycles. The molecule has 5 rings (SSSR count). The summed E-state index contributed by atoms with van der Waals surface area (Å²) in [5.41, 5.74) is 3.15. The zero-order valence-electron chi connectivity index (χ0n) is 16.4. The Kier molecular flexibility index (Phi) is 4.39. The lowest BCUT2D eigenvalue weighted by atomic mass is 9.96. The van der Waals surface area contributed by atoms with Gasteiger partial charge in [0.2, 0.25) is 6.23 Å². The van der Waals surface area contributed by atoms with Gasteiger partial charge in [-0.05, 0) is 55.0 Å². The van der Waals surface area contributed by atoms with Crippen LogP contribution in [0.5, 0.6) is 17.2 Å². The molecule has 0 amide bonds. The minimum absolute atomic E-state index is 0.0476. The molecular weight excluding hydrogens is 368 g/mol. The first kappa shape index (κ1) is 17.7. The van der Waals surface area contributed by atoms with Crippen molar-refractivity contribution >= 4 is 5.71 Å². The summed E-state index contributed by atoms with van der Waals surface area (Å²) in [6.45, 7) is 2.55. The molecule has 2 aliphatic rings. The number of furan rings is 1. The maximum absolute atomic E-state index is 6.37. The third-order valence-corrected chi connectivity index (χ3v) is 5.29. The lowest BCUT2D eigenvalue weighted by Crippen LogP contribution is -2.33. The molecule has 0 bridgehead atoms. The van der Waals surface area contributed by atoms with Crippen LogP contribution in [0.1, 0.15) is 42.5 Å². The molecule has 0 saturated carbocycles. The lowest BCUT2D eigenvalue weighted by molar-refractivity contribution is -0.0344. The molecule has 0 aliphatic carbocycles. The first-order valence-corrected chi connectivity index (χ1v) is 9.74. The van der Waals surface area contributed by atoms with Gasteiger partial charge in [0.1, 0.15) is 5.75 Å². The van der Waals surface area contributed by atoms with Gasteiger partial charge in [0.05, 0.1) is 31.7 Å². The van der Waals surface area contributed by atoms with E-state index in [1.54, 1.807) is 13.4 Å². The van der Waals surface area contributed by atoms with Gasteiger partial charge in [0.15, 0.2) is 17.3 Å². The summed E-state index contributed by atoms with van der Waals surface area (Å²) in [6.07, 6.45) is 1.98. The van der Waals surface area contributed by atoms with Crippen LogP contribution in [0, 0.1) is 0 Å². The first-order chi connectivity index (χ1) is 14.3. The molecule has 0 unspecified atom stereocenters. The molecule has 0 N–H and O–H groups in total. The number of methoxy groups -OCH3 is 1. The molecule has 0 radical (unpaired) electrons. The largest absolute Gasteiger partial charge is 0.497 e. The van der Waals surface area contributed by atoms with Gasteiger partial charge >= 0.3 is 0 Å². The van der Waals surface area contributed by atoms with Crippen molar-refractivity contribution in [2.45, 2.75) is 25.6 Å². The van der Waals surface area contributed by atoms with Gasteiger partial charge in [-0.3, -0.25) is 0 Å². The average molecular weight is 390 g/mol. The van der Waals surface area contributed by atoms with E-state index >= 15 is 0 Å². The van der Waals surface area contributed by atoms with Gasteiger partial charge in [0.25, 0.3) is 0 Å². The standard InChI is InChI=1S/C23H22N2O4/c1-3-27-20-7-4-6-17-19-14-18(15-9-11-16(26-2)12-10-15)24-25(19)23(29-22(17)20)21-8-5-13-28-21/h4-13,19,23H,3,14H2,1-2H3/t19-,23+/m0/s1. The molecule has 2 aliphatic heterocycles. The number of para-hydroxylation sites is 1. The highest BCUT2D eigenvalue weighted by atomic mass is 16.5. The minimum Gasteiger partial charge on any atom is -0.497 e. The topological polar surface area (TPSA) is 56.4 Å². The van der Waals surface area contributed by atoms with Crippen molar-refractivity contribution in [3.63, 3.8) is 0 Å². The quantitative estimate of drug-likeness (QED) is 0.618. The van der Waals surface area contributed by atoms with Crippen molar-refractivity contribution in [1.29, 1.82) is 0 Å². The van der Waals surface area contributed by atoms with Crippen LogP contribution in [0.2, 0.25) is 0 Å². The molecule has 29 heavy (non-hydrogen) atoms. The highest BCUT2D eigenvalue weighted by Crippen LogP contribution is 2.50. The monoisotopic (exact) mass is 390 g/mol. The van der Waals surface area contributed by atoms with Crippen molar-refractivity contribution in [2.75, 3.05) is 13.7 Å². The Morgan fingerprint density at radius 3 is 2.69 bits per heavy atom. The SMILES string of the molecule is CCOc1cccc2c1O[C@H](c1ccco1)N1N=C(c3ccc(OC)cc3)C[C@@H]21. The van der Waals surface area contributed by atoms with Gasteiger partial charge in [-0.15, -0.1) is 0 Å². The highest BCUT2D eigenvalue weighted by Gasteiger charge is 2.43. The molecular formula is C23H22N2O4. The van der Waals surface area contributed by atoms with Crippen LogP contribution in [0.4, 0.5) is 0 Å². The second kappa shape index (κ2) is 7.20. The van der Waals surface area contributed by atoms with Crippen molar-refractivity contribution < 1.29 is 18.6 Å². The summed E-state index contributed by atoms with van der Waals surface area (Å²) in [7, 11) is 1.67. The number of hydrazone groups is 1. The first-order valence-electron chi connectivity index (χ1n) is 9.74. The van der Waals surface area contributed by atoms with E-state index in [9.17, 15) is 0 Å². The van der Waals surface area contributed by atoms with Crippen molar-refractivity contribution in [3.8, 4) is 17.2 Å². The maximum Gasteiger partial charge on any atom is 0.246 e.